The molecular formula is C19H11FN4O3S2. The quantitative estimate of drug-likeness (QED) is 0.406. The van der Waals surface area contributed by atoms with Gasteiger partial charge in [0, 0.05) is 16.5 Å². The third-order valence-electron chi connectivity index (χ3n) is 4.11. The summed E-state index contributed by atoms with van der Waals surface area (Å²) >= 11 is 2.64. The Morgan fingerprint density at radius 2 is 2.03 bits per heavy atom. The molecule has 5 rings (SSSR count). The van der Waals surface area contributed by atoms with Gasteiger partial charge in [-0.3, -0.25) is 4.79 Å². The lowest BCUT2D eigenvalue weighted by molar-refractivity contribution is 0.465. The molecule has 0 saturated carbocycles. The van der Waals surface area contributed by atoms with E-state index in [4.69, 9.17) is 8.83 Å². The fourth-order valence-corrected chi connectivity index (χ4v) is 4.36. The minimum Gasteiger partial charge on any atom is -0.464 e. The van der Waals surface area contributed by atoms with Crippen LogP contribution in [0.4, 0.5) is 4.39 Å². The van der Waals surface area contributed by atoms with Crippen LogP contribution in [0.25, 0.3) is 33.0 Å². The van der Waals surface area contributed by atoms with E-state index in [1.807, 2.05) is 5.38 Å². The monoisotopic (exact) mass is 426 g/mol. The number of nitrogens with one attached hydrogen (secondary N) is 1. The van der Waals surface area contributed by atoms with Crippen LogP contribution in [0, 0.1) is 5.82 Å². The van der Waals surface area contributed by atoms with Crippen molar-refractivity contribution in [3.63, 3.8) is 0 Å². The number of aromatic nitrogens is 4. The Kier molecular flexibility index (Phi) is 4.49. The maximum Gasteiger partial charge on any atom is 0.277 e. The largest absolute Gasteiger partial charge is 0.464 e. The van der Waals surface area contributed by atoms with E-state index < -0.39 is 0 Å². The Balaban J connectivity index is 1.36. The van der Waals surface area contributed by atoms with Gasteiger partial charge < -0.3 is 13.8 Å². The highest BCUT2D eigenvalue weighted by Gasteiger charge is 2.16. The average Bonchev–Trinajstić information content (AvgIpc) is 3.47. The van der Waals surface area contributed by atoms with E-state index >= 15 is 0 Å². The van der Waals surface area contributed by atoms with Crippen LogP contribution in [0.1, 0.15) is 5.82 Å². The predicted octanol–water partition coefficient (Wildman–Crippen LogP) is 4.73. The van der Waals surface area contributed by atoms with Gasteiger partial charge in [-0.15, -0.1) is 21.5 Å². The van der Waals surface area contributed by atoms with Crippen LogP contribution in [0.3, 0.4) is 0 Å². The SMILES string of the molecule is O=c1[nH]c(CSc2nnc(-c3ccc(F)cc3)o2)nc2scc(-c3ccco3)c12. The smallest absolute Gasteiger partial charge is 0.277 e. The number of halogens is 1. The molecule has 144 valence electrons. The van der Waals surface area contributed by atoms with Crippen LogP contribution >= 0.6 is 23.1 Å². The first-order chi connectivity index (χ1) is 14.2. The molecule has 5 aromatic rings. The molecule has 0 unspecified atom stereocenters. The molecule has 0 aliphatic rings. The second kappa shape index (κ2) is 7.30. The van der Waals surface area contributed by atoms with Gasteiger partial charge in [-0.05, 0) is 36.4 Å². The maximum atomic E-state index is 13.0. The number of benzene rings is 1. The third kappa shape index (κ3) is 3.47. The fourth-order valence-electron chi connectivity index (χ4n) is 2.78. The van der Waals surface area contributed by atoms with Crippen molar-refractivity contribution >= 4 is 33.3 Å². The normalized spacial score (nSPS) is 11.3. The van der Waals surface area contributed by atoms with Crippen LogP contribution in [-0.2, 0) is 5.75 Å². The Morgan fingerprint density at radius 1 is 1.17 bits per heavy atom. The summed E-state index contributed by atoms with van der Waals surface area (Å²) in [6, 6.07) is 9.37. The molecule has 0 saturated heterocycles. The maximum absolute atomic E-state index is 13.0. The number of furan rings is 1. The second-order valence-corrected chi connectivity index (χ2v) is 7.77. The molecule has 0 atom stereocenters. The van der Waals surface area contributed by atoms with Gasteiger partial charge in [0.1, 0.15) is 22.2 Å². The van der Waals surface area contributed by atoms with Crippen LogP contribution in [0.2, 0.25) is 0 Å². The fraction of sp³-hybridized carbons (Fsp3) is 0.0526. The summed E-state index contributed by atoms with van der Waals surface area (Å²) in [7, 11) is 0. The van der Waals surface area contributed by atoms with Gasteiger partial charge >= 0.3 is 0 Å². The first kappa shape index (κ1) is 17.8. The summed E-state index contributed by atoms with van der Waals surface area (Å²) in [5, 5.41) is 10.6. The zero-order valence-electron chi connectivity index (χ0n) is 14.6. The van der Waals surface area contributed by atoms with Crippen molar-refractivity contribution in [3.8, 4) is 22.8 Å². The number of rotatable bonds is 5. The molecule has 0 amide bonds. The topological polar surface area (TPSA) is 97.8 Å². The number of hydrogen-bond acceptors (Lipinski definition) is 8. The van der Waals surface area contributed by atoms with E-state index in [9.17, 15) is 9.18 Å². The molecule has 1 aromatic carbocycles. The molecule has 10 heteroatoms. The summed E-state index contributed by atoms with van der Waals surface area (Å²) in [4.78, 5) is 20.5. The lowest BCUT2D eigenvalue weighted by Crippen LogP contribution is -2.10. The minimum absolute atomic E-state index is 0.226. The molecule has 0 aliphatic heterocycles. The zero-order valence-corrected chi connectivity index (χ0v) is 16.2. The van der Waals surface area contributed by atoms with Crippen LogP contribution in [0.5, 0.6) is 0 Å². The number of hydrogen-bond donors (Lipinski definition) is 1. The van der Waals surface area contributed by atoms with Crippen molar-refractivity contribution in [1.82, 2.24) is 20.2 Å². The minimum atomic E-state index is -0.336. The summed E-state index contributed by atoms with van der Waals surface area (Å²) in [6.07, 6.45) is 1.57. The lowest BCUT2D eigenvalue weighted by Gasteiger charge is -1.99. The first-order valence-electron chi connectivity index (χ1n) is 8.44. The third-order valence-corrected chi connectivity index (χ3v) is 5.81. The van der Waals surface area contributed by atoms with Gasteiger partial charge in [0.15, 0.2) is 0 Å². The van der Waals surface area contributed by atoms with E-state index in [0.29, 0.717) is 44.2 Å². The van der Waals surface area contributed by atoms with E-state index in [0.717, 1.165) is 5.56 Å². The summed E-state index contributed by atoms with van der Waals surface area (Å²) in [5.41, 5.74) is 1.13. The van der Waals surface area contributed by atoms with Crippen molar-refractivity contribution in [2.24, 2.45) is 0 Å². The van der Waals surface area contributed by atoms with Gasteiger partial charge in [-0.25, -0.2) is 9.37 Å². The van der Waals surface area contributed by atoms with Gasteiger partial charge in [0.2, 0.25) is 5.89 Å². The van der Waals surface area contributed by atoms with Crippen molar-refractivity contribution in [3.05, 3.63) is 70.0 Å². The van der Waals surface area contributed by atoms with E-state index in [-0.39, 0.29) is 11.4 Å². The number of aromatic amines is 1. The van der Waals surface area contributed by atoms with Crippen molar-refractivity contribution in [2.45, 2.75) is 11.0 Å². The van der Waals surface area contributed by atoms with E-state index in [1.54, 1.807) is 30.5 Å². The van der Waals surface area contributed by atoms with Crippen LogP contribution in [0.15, 0.2) is 66.9 Å². The highest BCUT2D eigenvalue weighted by atomic mass is 32.2. The predicted molar refractivity (Wildman–Crippen MR) is 107 cm³/mol. The van der Waals surface area contributed by atoms with E-state index in [2.05, 4.69) is 20.2 Å². The van der Waals surface area contributed by atoms with Gasteiger partial charge in [-0.1, -0.05) is 11.8 Å². The van der Waals surface area contributed by atoms with Gasteiger partial charge in [0.25, 0.3) is 10.8 Å². The highest BCUT2D eigenvalue weighted by molar-refractivity contribution is 7.98. The van der Waals surface area contributed by atoms with Gasteiger partial charge in [0.05, 0.1) is 17.4 Å². The number of thiophene rings is 1. The van der Waals surface area contributed by atoms with Crippen LogP contribution < -0.4 is 5.56 Å². The molecule has 0 aliphatic carbocycles. The molecule has 1 N–H and O–H groups in total. The highest BCUT2D eigenvalue weighted by Crippen LogP contribution is 2.31. The van der Waals surface area contributed by atoms with Crippen molar-refractivity contribution in [2.75, 3.05) is 0 Å². The summed E-state index contributed by atoms with van der Waals surface area (Å²) < 4.78 is 24.0. The Labute approximate surface area is 170 Å². The number of thioether (sulfide) groups is 1. The van der Waals surface area contributed by atoms with Crippen LogP contribution in [-0.4, -0.2) is 20.2 Å². The summed E-state index contributed by atoms with van der Waals surface area (Å²) in [6.45, 7) is 0. The van der Waals surface area contributed by atoms with Gasteiger partial charge in [-0.2, -0.15) is 0 Å². The first-order valence-corrected chi connectivity index (χ1v) is 10.3. The molecule has 0 radical (unpaired) electrons. The molecule has 4 aromatic heterocycles. The van der Waals surface area contributed by atoms with Crippen molar-refractivity contribution < 1.29 is 13.2 Å². The average molecular weight is 426 g/mol. The molecule has 0 fully saturated rings. The lowest BCUT2D eigenvalue weighted by atomic mass is 10.2. The Bertz CT molecular complexity index is 1340. The molecule has 0 spiro atoms. The molecule has 7 nitrogen and oxygen atoms in total. The second-order valence-electron chi connectivity index (χ2n) is 5.99. The number of nitrogens with zero attached hydrogens (tertiary/aromatic N) is 3. The standard InChI is InChI=1S/C19H11FN4O3S2/c20-11-5-3-10(4-6-11)17-23-24-19(27-17)29-9-14-21-16(25)15-12(8-28-18(15)22-14)13-2-1-7-26-13/h1-8H,9H2,(H,21,22,25). The number of H-pyrrole nitrogens is 1. The molecule has 4 heterocycles. The Hall–Kier alpha value is -3.24. The molecular weight excluding hydrogens is 415 g/mol. The zero-order chi connectivity index (χ0) is 19.8. The molecule has 0 bridgehead atoms. The molecule has 29 heavy (non-hydrogen) atoms. The Morgan fingerprint density at radius 3 is 2.83 bits per heavy atom. The van der Waals surface area contributed by atoms with E-state index in [1.165, 1.54) is 35.2 Å². The number of fused-ring (bicyclic) bond motifs is 1. The van der Waals surface area contributed by atoms with Crippen molar-refractivity contribution in [1.29, 1.82) is 0 Å². The summed E-state index contributed by atoms with van der Waals surface area (Å²) in [5.74, 6) is 1.44.